The summed E-state index contributed by atoms with van der Waals surface area (Å²) >= 11 is 0. The molecule has 0 aliphatic carbocycles. The summed E-state index contributed by atoms with van der Waals surface area (Å²) in [6.45, 7) is 6.33. The molecule has 0 bridgehead atoms. The van der Waals surface area contributed by atoms with E-state index in [9.17, 15) is 4.79 Å². The number of hydrogen-bond acceptors (Lipinski definition) is 3. The summed E-state index contributed by atoms with van der Waals surface area (Å²) in [6, 6.07) is 2.43. The van der Waals surface area contributed by atoms with E-state index in [0.717, 1.165) is 18.9 Å². The van der Waals surface area contributed by atoms with Crippen LogP contribution in [0.1, 0.15) is 19.7 Å². The van der Waals surface area contributed by atoms with Gasteiger partial charge in [-0.2, -0.15) is 4.98 Å². The molecule has 4 heteroatoms. The average molecular weight is 193 g/mol. The van der Waals surface area contributed by atoms with Gasteiger partial charge in [0, 0.05) is 25.4 Å². The number of fused-ring (bicyclic) bond motifs is 1. The van der Waals surface area contributed by atoms with E-state index in [1.807, 2.05) is 20.9 Å². The van der Waals surface area contributed by atoms with Gasteiger partial charge in [-0.1, -0.05) is 13.8 Å². The van der Waals surface area contributed by atoms with Crippen LogP contribution in [0.15, 0.2) is 4.79 Å². The zero-order valence-electron chi connectivity index (χ0n) is 8.87. The van der Waals surface area contributed by atoms with Gasteiger partial charge in [0.05, 0.1) is 6.54 Å². The Morgan fingerprint density at radius 2 is 2.07 bits per heavy atom. The Morgan fingerprint density at radius 3 is 2.79 bits per heavy atom. The maximum absolute atomic E-state index is 11.2. The Bertz CT molecular complexity index is 345. The topological polar surface area (TPSA) is 38.1 Å². The van der Waals surface area contributed by atoms with Crippen molar-refractivity contribution in [1.29, 1.82) is 0 Å². The summed E-state index contributed by atoms with van der Waals surface area (Å²) in [5.41, 5.74) is -0.117. The van der Waals surface area contributed by atoms with Gasteiger partial charge in [-0.3, -0.25) is 14.3 Å². The third-order valence-electron chi connectivity index (χ3n) is 2.02. The molecule has 2 rings (SSSR count). The third-order valence-corrected chi connectivity index (χ3v) is 2.02. The van der Waals surface area contributed by atoms with Gasteiger partial charge in [0.2, 0.25) is 0 Å². The van der Waals surface area contributed by atoms with Crippen molar-refractivity contribution < 1.29 is 0 Å². The van der Waals surface area contributed by atoms with Crippen LogP contribution in [-0.4, -0.2) is 28.0 Å². The van der Waals surface area contributed by atoms with Crippen LogP contribution in [-0.2, 0) is 13.1 Å². The van der Waals surface area contributed by atoms with Crippen molar-refractivity contribution in [3.63, 3.8) is 0 Å². The van der Waals surface area contributed by atoms with E-state index in [1.165, 1.54) is 0 Å². The Hall–Kier alpha value is -1.34. The first-order valence-corrected chi connectivity index (χ1v) is 4.85. The van der Waals surface area contributed by atoms with Gasteiger partial charge >= 0.3 is 5.56 Å². The lowest BCUT2D eigenvalue weighted by Crippen LogP contribution is -2.37. The predicted molar refractivity (Wildman–Crippen MR) is 53.9 cm³/mol. The fourth-order valence-corrected chi connectivity index (χ4v) is 1.33. The highest BCUT2D eigenvalue weighted by molar-refractivity contribution is 4.91. The van der Waals surface area contributed by atoms with Gasteiger partial charge in [-0.25, -0.2) is 0 Å². The van der Waals surface area contributed by atoms with Crippen molar-refractivity contribution in [1.82, 2.24) is 14.5 Å². The first-order chi connectivity index (χ1) is 6.77. The van der Waals surface area contributed by atoms with Crippen LogP contribution >= 0.6 is 0 Å². The van der Waals surface area contributed by atoms with Crippen LogP contribution in [0.5, 0.6) is 0 Å². The highest BCUT2D eigenvalue weighted by atomic mass is 16.1. The van der Waals surface area contributed by atoms with Gasteiger partial charge in [-0.15, -0.1) is 0 Å². The summed E-state index contributed by atoms with van der Waals surface area (Å²) in [4.78, 5) is 17.3. The van der Waals surface area contributed by atoms with Gasteiger partial charge < -0.3 is 0 Å². The first kappa shape index (κ1) is 10.7. The van der Waals surface area contributed by atoms with Crippen molar-refractivity contribution >= 4 is 0 Å². The minimum absolute atomic E-state index is 0.117. The Labute approximate surface area is 84.2 Å². The van der Waals surface area contributed by atoms with Crippen LogP contribution in [0.25, 0.3) is 0 Å². The van der Waals surface area contributed by atoms with Gasteiger partial charge in [-0.05, 0) is 7.05 Å². The largest absolute Gasteiger partial charge is 0.305 e. The third kappa shape index (κ3) is 2.12. The highest BCUT2D eigenvalue weighted by Crippen LogP contribution is 2.02. The monoisotopic (exact) mass is 193 g/mol. The molecule has 14 heavy (non-hydrogen) atoms. The molecule has 0 N–H and O–H groups in total. The van der Waals surface area contributed by atoms with E-state index in [1.54, 1.807) is 4.57 Å². The maximum atomic E-state index is 11.2. The van der Waals surface area contributed by atoms with E-state index in [4.69, 9.17) is 0 Å². The lowest BCUT2D eigenvalue weighted by atomic mass is 10.4. The second-order valence-corrected chi connectivity index (χ2v) is 2.96. The summed E-state index contributed by atoms with van der Waals surface area (Å²) in [7, 11) is 2.01. The zero-order valence-corrected chi connectivity index (χ0v) is 8.87. The molecule has 0 atom stereocenters. The lowest BCUT2D eigenvalue weighted by Gasteiger charge is -2.23. The standard InChI is InChI=1S/C8H9N3O.C2H6/c1-10-4-5-11-7(6-10)9-3-2-8(11)12;1-2/h4-6H2,1H3;1-2H3. The molecule has 0 unspecified atom stereocenters. The molecule has 1 aromatic rings. The fraction of sp³-hybridized carbons (Fsp3) is 0.600. The first-order valence-electron chi connectivity index (χ1n) is 4.85. The predicted octanol–water partition coefficient (Wildman–Crippen LogP) is 0.315. The van der Waals surface area contributed by atoms with Crippen molar-refractivity contribution in [3.8, 4) is 0 Å². The molecule has 1 aliphatic rings. The Kier molecular flexibility index (Phi) is 3.66. The number of rotatable bonds is 0. The lowest BCUT2D eigenvalue weighted by molar-refractivity contribution is 0.258. The van der Waals surface area contributed by atoms with Crippen LogP contribution in [0, 0.1) is 12.3 Å². The van der Waals surface area contributed by atoms with Crippen LogP contribution in [0.3, 0.4) is 0 Å². The molecule has 2 heterocycles. The van der Waals surface area contributed by atoms with E-state index in [-0.39, 0.29) is 5.56 Å². The van der Waals surface area contributed by atoms with Crippen LogP contribution in [0.2, 0.25) is 0 Å². The number of hydrogen-bond donors (Lipinski definition) is 0. The molecule has 0 fully saturated rings. The minimum atomic E-state index is -0.117. The molecule has 0 aromatic carbocycles. The molecule has 4 nitrogen and oxygen atoms in total. The second-order valence-electron chi connectivity index (χ2n) is 2.96. The summed E-state index contributed by atoms with van der Waals surface area (Å²) in [5.74, 6) is 0.785. The second kappa shape index (κ2) is 4.77. The SMILES string of the molecule is CC.CN1CCn2c(nc#cc2=O)C1. The molecule has 1 aliphatic heterocycles. The normalized spacial score (nSPS) is 14.8. The van der Waals surface area contributed by atoms with Crippen LogP contribution in [0.4, 0.5) is 0 Å². The molecule has 0 saturated heterocycles. The molecule has 0 amide bonds. The van der Waals surface area contributed by atoms with E-state index in [2.05, 4.69) is 22.1 Å². The summed E-state index contributed by atoms with van der Waals surface area (Å²) in [6.07, 6.45) is 2.47. The van der Waals surface area contributed by atoms with Gasteiger partial charge in [0.15, 0.2) is 0 Å². The number of aromatic nitrogens is 2. The molecule has 1 aromatic heterocycles. The zero-order chi connectivity index (χ0) is 10.6. The molecular weight excluding hydrogens is 178 g/mol. The molecule has 0 spiro atoms. The van der Waals surface area contributed by atoms with Crippen molar-refractivity contribution in [3.05, 3.63) is 28.4 Å². The number of nitrogens with zero attached hydrogens (tertiary/aromatic N) is 3. The van der Waals surface area contributed by atoms with Gasteiger partial charge in [0.1, 0.15) is 5.82 Å². The average Bonchev–Trinajstić information content (AvgIpc) is 2.21. The Morgan fingerprint density at radius 1 is 1.36 bits per heavy atom. The summed E-state index contributed by atoms with van der Waals surface area (Å²) in [5, 5.41) is 0. The van der Waals surface area contributed by atoms with Crippen molar-refractivity contribution in [2.75, 3.05) is 13.6 Å². The molecule has 0 radical (unpaired) electrons. The van der Waals surface area contributed by atoms with E-state index in [0.29, 0.717) is 6.54 Å². The number of likely N-dealkylation sites (N-methyl/N-ethyl adjacent to an activating group) is 1. The highest BCUT2D eigenvalue weighted by Gasteiger charge is 2.13. The molecular formula is C10H15N3O. The molecule has 0 saturated carbocycles. The van der Waals surface area contributed by atoms with Crippen molar-refractivity contribution in [2.24, 2.45) is 0 Å². The van der Waals surface area contributed by atoms with E-state index < -0.39 is 0 Å². The fourth-order valence-electron chi connectivity index (χ4n) is 1.33. The Balaban J connectivity index is 0.000000461. The quantitative estimate of drug-likeness (QED) is 0.595. The molecule has 76 valence electrons. The minimum Gasteiger partial charge on any atom is -0.297 e. The summed E-state index contributed by atoms with van der Waals surface area (Å²) < 4.78 is 1.65. The van der Waals surface area contributed by atoms with Gasteiger partial charge in [0.25, 0.3) is 0 Å². The van der Waals surface area contributed by atoms with Crippen LogP contribution < -0.4 is 5.56 Å². The van der Waals surface area contributed by atoms with E-state index >= 15 is 0 Å². The van der Waals surface area contributed by atoms with Crippen molar-refractivity contribution in [2.45, 2.75) is 26.9 Å². The maximum Gasteiger partial charge on any atom is 0.305 e. The smallest absolute Gasteiger partial charge is 0.297 e.